The third-order valence-electron chi connectivity index (χ3n) is 4.86. The van der Waals surface area contributed by atoms with Crippen molar-refractivity contribution in [3.05, 3.63) is 76.4 Å². The fourth-order valence-electron chi connectivity index (χ4n) is 3.46. The number of hydrogen-bond donors (Lipinski definition) is 1. The molecule has 0 aromatic heterocycles. The van der Waals surface area contributed by atoms with E-state index in [-0.39, 0.29) is 30.3 Å². The molecule has 0 fully saturated rings. The molecule has 0 aliphatic carbocycles. The van der Waals surface area contributed by atoms with Crippen LogP contribution in [0.4, 0.5) is 0 Å². The van der Waals surface area contributed by atoms with Crippen LogP contribution >= 0.6 is 11.6 Å². The van der Waals surface area contributed by atoms with Crippen LogP contribution in [0.1, 0.15) is 55.5 Å². The number of nitrogens with zero attached hydrogens (tertiary/aromatic N) is 1. The summed E-state index contributed by atoms with van der Waals surface area (Å²) in [4.78, 5) is 26.5. The van der Waals surface area contributed by atoms with Gasteiger partial charge in [-0.1, -0.05) is 54.9 Å². The number of fused-ring (bicyclic) bond motifs is 1. The van der Waals surface area contributed by atoms with Crippen LogP contribution in [-0.2, 0) is 9.59 Å². The molecule has 0 spiro atoms. The van der Waals surface area contributed by atoms with Crippen molar-refractivity contribution in [2.24, 2.45) is 0 Å². The molecular weight excluding hydrogens is 360 g/mol. The predicted molar refractivity (Wildman–Crippen MR) is 108 cm³/mol. The van der Waals surface area contributed by atoms with Gasteiger partial charge in [-0.05, 0) is 41.3 Å². The molecule has 4 nitrogen and oxygen atoms in total. The van der Waals surface area contributed by atoms with E-state index in [9.17, 15) is 9.59 Å². The van der Waals surface area contributed by atoms with Crippen LogP contribution in [0.2, 0.25) is 5.02 Å². The molecule has 1 heterocycles. The highest BCUT2D eigenvalue weighted by molar-refractivity contribution is 6.30. The molecule has 1 aliphatic rings. The third-order valence-corrected chi connectivity index (χ3v) is 5.12. The summed E-state index contributed by atoms with van der Waals surface area (Å²) in [7, 11) is 0. The number of carbonyl (C=O) groups excluding carboxylic acids is 2. The van der Waals surface area contributed by atoms with Gasteiger partial charge in [-0.2, -0.15) is 0 Å². The molecule has 1 aliphatic heterocycles. The second-order valence-electron chi connectivity index (χ2n) is 6.67. The normalized spacial score (nSPS) is 16.6. The van der Waals surface area contributed by atoms with Crippen molar-refractivity contribution >= 4 is 29.5 Å². The van der Waals surface area contributed by atoms with Crippen LogP contribution in [0.25, 0.3) is 6.08 Å². The van der Waals surface area contributed by atoms with E-state index in [0.29, 0.717) is 5.02 Å². The first-order chi connectivity index (χ1) is 13.0. The minimum Gasteiger partial charge on any atom is -0.349 e. The summed E-state index contributed by atoms with van der Waals surface area (Å²) in [5, 5.41) is 3.77. The summed E-state index contributed by atoms with van der Waals surface area (Å²) in [6.07, 6.45) is 4.66. The molecule has 2 aromatic rings. The molecule has 0 saturated carbocycles. The molecule has 3 rings (SSSR count). The fraction of sp³-hybridized carbons (Fsp3) is 0.273. The van der Waals surface area contributed by atoms with E-state index in [1.165, 1.54) is 6.92 Å². The summed E-state index contributed by atoms with van der Waals surface area (Å²) < 4.78 is 0. The van der Waals surface area contributed by atoms with Crippen LogP contribution in [0.3, 0.4) is 0 Å². The predicted octanol–water partition coefficient (Wildman–Crippen LogP) is 4.87. The van der Waals surface area contributed by atoms with E-state index < -0.39 is 0 Å². The number of rotatable bonds is 5. The maximum absolute atomic E-state index is 12.8. The Morgan fingerprint density at radius 1 is 1.15 bits per heavy atom. The van der Waals surface area contributed by atoms with Gasteiger partial charge in [0.05, 0.1) is 18.5 Å². The number of carbonyl (C=O) groups is 2. The van der Waals surface area contributed by atoms with Crippen LogP contribution in [0.5, 0.6) is 0 Å². The average Bonchev–Trinajstić information content (AvgIpc) is 2.67. The Balaban J connectivity index is 1.77. The largest absolute Gasteiger partial charge is 0.349 e. The van der Waals surface area contributed by atoms with E-state index in [1.807, 2.05) is 61.5 Å². The molecule has 2 atom stereocenters. The van der Waals surface area contributed by atoms with Crippen molar-refractivity contribution in [3.8, 4) is 0 Å². The van der Waals surface area contributed by atoms with Gasteiger partial charge in [-0.15, -0.1) is 0 Å². The van der Waals surface area contributed by atoms with E-state index in [1.54, 1.807) is 11.1 Å². The molecule has 2 unspecified atom stereocenters. The van der Waals surface area contributed by atoms with Crippen molar-refractivity contribution < 1.29 is 9.59 Å². The van der Waals surface area contributed by atoms with Crippen LogP contribution in [0, 0.1) is 0 Å². The molecule has 0 bridgehead atoms. The van der Waals surface area contributed by atoms with Gasteiger partial charge in [0, 0.05) is 18.1 Å². The van der Waals surface area contributed by atoms with E-state index >= 15 is 0 Å². The molecule has 0 saturated heterocycles. The molecule has 140 valence electrons. The van der Waals surface area contributed by atoms with Gasteiger partial charge in [-0.25, -0.2) is 0 Å². The molecule has 5 heteroatoms. The van der Waals surface area contributed by atoms with Crippen molar-refractivity contribution in [3.63, 3.8) is 0 Å². The Kier molecular flexibility index (Phi) is 5.97. The molecule has 2 amide bonds. The van der Waals surface area contributed by atoms with Gasteiger partial charge in [0.25, 0.3) is 0 Å². The van der Waals surface area contributed by atoms with E-state index in [2.05, 4.69) is 5.32 Å². The molecule has 1 N–H and O–H groups in total. The monoisotopic (exact) mass is 382 g/mol. The van der Waals surface area contributed by atoms with Crippen LogP contribution < -0.4 is 5.32 Å². The highest BCUT2D eigenvalue weighted by Crippen LogP contribution is 2.33. The van der Waals surface area contributed by atoms with Crippen molar-refractivity contribution in [2.75, 3.05) is 0 Å². The van der Waals surface area contributed by atoms with Gasteiger partial charge >= 0.3 is 0 Å². The lowest BCUT2D eigenvalue weighted by Crippen LogP contribution is -2.36. The Labute approximate surface area is 164 Å². The van der Waals surface area contributed by atoms with Crippen LogP contribution in [0.15, 0.2) is 54.7 Å². The molecule has 2 aromatic carbocycles. The van der Waals surface area contributed by atoms with Gasteiger partial charge in [0.2, 0.25) is 11.8 Å². The Morgan fingerprint density at radius 3 is 2.52 bits per heavy atom. The minimum atomic E-state index is -0.300. The third kappa shape index (κ3) is 4.40. The summed E-state index contributed by atoms with van der Waals surface area (Å²) in [5.41, 5.74) is 3.05. The maximum atomic E-state index is 12.8. The number of halogens is 1. The highest BCUT2D eigenvalue weighted by Gasteiger charge is 2.28. The lowest BCUT2D eigenvalue weighted by atomic mass is 9.93. The number of benzene rings is 2. The van der Waals surface area contributed by atoms with Gasteiger partial charge in [0.1, 0.15) is 0 Å². The zero-order valence-corrected chi connectivity index (χ0v) is 16.2. The summed E-state index contributed by atoms with van der Waals surface area (Å²) in [6, 6.07) is 15.0. The Bertz CT molecular complexity index is 861. The quantitative estimate of drug-likeness (QED) is 0.801. The molecular formula is C22H23ClN2O2. The highest BCUT2D eigenvalue weighted by atomic mass is 35.5. The van der Waals surface area contributed by atoms with Crippen molar-refractivity contribution in [1.29, 1.82) is 0 Å². The Morgan fingerprint density at radius 2 is 1.85 bits per heavy atom. The SMILES string of the molecule is CCC(NC(=O)CC1c2ccccc2C=CN1C(C)=O)c1ccc(Cl)cc1. The lowest BCUT2D eigenvalue weighted by molar-refractivity contribution is -0.130. The smallest absolute Gasteiger partial charge is 0.223 e. The number of amides is 2. The first-order valence-corrected chi connectivity index (χ1v) is 9.48. The van der Waals surface area contributed by atoms with Crippen molar-refractivity contribution in [1.82, 2.24) is 10.2 Å². The second-order valence-corrected chi connectivity index (χ2v) is 7.11. The summed E-state index contributed by atoms with van der Waals surface area (Å²) >= 11 is 5.96. The zero-order valence-electron chi connectivity index (χ0n) is 15.5. The second kappa shape index (κ2) is 8.40. The Hall–Kier alpha value is -2.59. The van der Waals surface area contributed by atoms with E-state index in [0.717, 1.165) is 23.1 Å². The molecule has 0 radical (unpaired) electrons. The minimum absolute atomic E-state index is 0.0803. The van der Waals surface area contributed by atoms with Gasteiger partial charge in [-0.3, -0.25) is 9.59 Å². The topological polar surface area (TPSA) is 49.4 Å². The first kappa shape index (κ1) is 19.2. The lowest BCUT2D eigenvalue weighted by Gasteiger charge is -2.32. The fourth-order valence-corrected chi connectivity index (χ4v) is 3.58. The standard InChI is InChI=1S/C22H23ClN2O2/c1-3-20(17-8-10-18(23)11-9-17)24-22(27)14-21-19-7-5-4-6-16(19)12-13-25(21)15(2)26/h4-13,20-21H,3,14H2,1-2H3,(H,24,27). The van der Waals surface area contributed by atoms with E-state index in [4.69, 9.17) is 11.6 Å². The summed E-state index contributed by atoms with van der Waals surface area (Å²) in [5.74, 6) is -0.165. The van der Waals surface area contributed by atoms with Gasteiger partial charge < -0.3 is 10.2 Å². The molecule has 27 heavy (non-hydrogen) atoms. The number of hydrogen-bond acceptors (Lipinski definition) is 2. The zero-order chi connectivity index (χ0) is 19.4. The van der Waals surface area contributed by atoms with Crippen molar-refractivity contribution in [2.45, 2.75) is 38.8 Å². The summed E-state index contributed by atoms with van der Waals surface area (Å²) in [6.45, 7) is 3.55. The average molecular weight is 383 g/mol. The first-order valence-electron chi connectivity index (χ1n) is 9.10. The van der Waals surface area contributed by atoms with Crippen LogP contribution in [-0.4, -0.2) is 16.7 Å². The maximum Gasteiger partial charge on any atom is 0.223 e. The van der Waals surface area contributed by atoms with Gasteiger partial charge in [0.15, 0.2) is 0 Å². The number of nitrogens with one attached hydrogen (secondary N) is 1.